The molecule has 6 nitrogen and oxygen atoms in total. The third-order valence-corrected chi connectivity index (χ3v) is 13.1. The standard InChI is InChI=1S/C56H109NO5/c1-3-5-7-9-11-13-14-15-23-27-30-34-38-42-46-50-56(61)62-51-47-43-39-35-31-28-25-22-20-18-16-17-19-21-24-26-29-33-37-41-45-49-55(60)57-53(52-58)54(59)48-44-40-36-32-12-10-8-6-4-2/h17,19,53-54,58-59H,3-16,18,20-52H2,1-2H3,(H,57,60)/b19-17-. The van der Waals surface area contributed by atoms with Crippen LogP contribution in [0.1, 0.15) is 309 Å². The number of carbonyl (C=O) groups is 2. The predicted octanol–water partition coefficient (Wildman–Crippen LogP) is 16.9. The van der Waals surface area contributed by atoms with Gasteiger partial charge in [0.2, 0.25) is 5.91 Å². The Morgan fingerprint density at radius 2 is 0.758 bits per heavy atom. The molecule has 368 valence electrons. The molecular formula is C56H109NO5. The van der Waals surface area contributed by atoms with E-state index in [2.05, 4.69) is 31.3 Å². The Morgan fingerprint density at radius 3 is 1.15 bits per heavy atom. The summed E-state index contributed by atoms with van der Waals surface area (Å²) in [5, 5.41) is 23.1. The van der Waals surface area contributed by atoms with Crippen LogP contribution in [0.4, 0.5) is 0 Å². The highest BCUT2D eigenvalue weighted by atomic mass is 16.5. The van der Waals surface area contributed by atoms with Crippen LogP contribution in [0.2, 0.25) is 0 Å². The summed E-state index contributed by atoms with van der Waals surface area (Å²) in [5.41, 5.74) is 0. The monoisotopic (exact) mass is 876 g/mol. The zero-order valence-corrected chi connectivity index (χ0v) is 41.9. The van der Waals surface area contributed by atoms with E-state index in [1.54, 1.807) is 0 Å². The molecule has 0 aromatic carbocycles. The van der Waals surface area contributed by atoms with E-state index in [1.165, 1.54) is 238 Å². The molecule has 0 aliphatic rings. The number of carbonyl (C=O) groups excluding carboxylic acids is 2. The molecule has 1 amide bonds. The van der Waals surface area contributed by atoms with Crippen molar-refractivity contribution in [2.75, 3.05) is 13.2 Å². The van der Waals surface area contributed by atoms with E-state index >= 15 is 0 Å². The average Bonchev–Trinajstić information content (AvgIpc) is 3.27. The average molecular weight is 876 g/mol. The van der Waals surface area contributed by atoms with Crippen LogP contribution >= 0.6 is 0 Å². The third kappa shape index (κ3) is 48.1. The number of allylic oxidation sites excluding steroid dienone is 2. The zero-order chi connectivity index (χ0) is 45.1. The van der Waals surface area contributed by atoms with Crippen LogP contribution in [0.25, 0.3) is 0 Å². The second kappa shape index (κ2) is 52.2. The van der Waals surface area contributed by atoms with Crippen LogP contribution in [-0.2, 0) is 14.3 Å². The number of aliphatic hydroxyl groups is 2. The van der Waals surface area contributed by atoms with Gasteiger partial charge >= 0.3 is 5.97 Å². The molecule has 0 aliphatic heterocycles. The van der Waals surface area contributed by atoms with Crippen LogP contribution in [0.5, 0.6) is 0 Å². The molecule has 62 heavy (non-hydrogen) atoms. The fourth-order valence-electron chi connectivity index (χ4n) is 8.75. The van der Waals surface area contributed by atoms with Crippen molar-refractivity contribution < 1.29 is 24.5 Å². The Morgan fingerprint density at radius 1 is 0.435 bits per heavy atom. The van der Waals surface area contributed by atoms with E-state index in [4.69, 9.17) is 4.74 Å². The first-order chi connectivity index (χ1) is 30.5. The minimum Gasteiger partial charge on any atom is -0.466 e. The van der Waals surface area contributed by atoms with E-state index in [0.29, 0.717) is 25.9 Å². The lowest BCUT2D eigenvalue weighted by atomic mass is 10.0. The molecule has 0 bridgehead atoms. The van der Waals surface area contributed by atoms with Gasteiger partial charge in [0.1, 0.15) is 0 Å². The zero-order valence-electron chi connectivity index (χ0n) is 41.9. The van der Waals surface area contributed by atoms with Gasteiger partial charge < -0.3 is 20.3 Å². The van der Waals surface area contributed by atoms with Gasteiger partial charge in [-0.15, -0.1) is 0 Å². The van der Waals surface area contributed by atoms with Crippen molar-refractivity contribution in [2.45, 2.75) is 321 Å². The van der Waals surface area contributed by atoms with Gasteiger partial charge in [-0.1, -0.05) is 257 Å². The molecule has 0 saturated carbocycles. The van der Waals surface area contributed by atoms with Gasteiger partial charge in [-0.25, -0.2) is 0 Å². The van der Waals surface area contributed by atoms with Crippen molar-refractivity contribution in [1.82, 2.24) is 5.32 Å². The number of esters is 1. The lowest BCUT2D eigenvalue weighted by molar-refractivity contribution is -0.143. The summed E-state index contributed by atoms with van der Waals surface area (Å²) in [6.45, 7) is 4.94. The normalized spacial score (nSPS) is 12.6. The number of unbranched alkanes of at least 4 members (excludes halogenated alkanes) is 39. The maximum atomic E-state index is 12.4. The van der Waals surface area contributed by atoms with Crippen molar-refractivity contribution >= 4 is 11.9 Å². The molecule has 0 spiro atoms. The van der Waals surface area contributed by atoms with Crippen molar-refractivity contribution in [3.63, 3.8) is 0 Å². The Hall–Kier alpha value is -1.40. The highest BCUT2D eigenvalue weighted by Crippen LogP contribution is 2.17. The second-order valence-electron chi connectivity index (χ2n) is 19.3. The highest BCUT2D eigenvalue weighted by molar-refractivity contribution is 5.76. The number of amides is 1. The van der Waals surface area contributed by atoms with Gasteiger partial charge in [0.15, 0.2) is 0 Å². The van der Waals surface area contributed by atoms with Gasteiger partial charge in [0, 0.05) is 12.8 Å². The summed E-state index contributed by atoms with van der Waals surface area (Å²) in [6.07, 6.45) is 60.7. The molecule has 0 fully saturated rings. The van der Waals surface area contributed by atoms with Crippen LogP contribution < -0.4 is 5.32 Å². The summed E-state index contributed by atoms with van der Waals surface area (Å²) in [4.78, 5) is 24.4. The predicted molar refractivity (Wildman–Crippen MR) is 269 cm³/mol. The molecule has 0 aliphatic carbocycles. The van der Waals surface area contributed by atoms with Crippen LogP contribution in [-0.4, -0.2) is 47.4 Å². The fraction of sp³-hybridized carbons (Fsp3) is 0.929. The summed E-state index contributed by atoms with van der Waals surface area (Å²) < 4.78 is 5.48. The van der Waals surface area contributed by atoms with Crippen molar-refractivity contribution in [2.24, 2.45) is 0 Å². The minimum atomic E-state index is -0.666. The molecule has 0 aromatic heterocycles. The maximum absolute atomic E-state index is 12.4. The summed E-state index contributed by atoms with van der Waals surface area (Å²) in [7, 11) is 0. The fourth-order valence-corrected chi connectivity index (χ4v) is 8.75. The number of nitrogens with one attached hydrogen (secondary N) is 1. The Labute approximate surface area is 387 Å². The van der Waals surface area contributed by atoms with Gasteiger partial charge in [0.25, 0.3) is 0 Å². The summed E-state index contributed by atoms with van der Waals surface area (Å²) >= 11 is 0. The number of rotatable bonds is 52. The third-order valence-electron chi connectivity index (χ3n) is 13.1. The first kappa shape index (κ1) is 60.6. The smallest absolute Gasteiger partial charge is 0.305 e. The maximum Gasteiger partial charge on any atom is 0.305 e. The van der Waals surface area contributed by atoms with E-state index in [0.717, 1.165) is 38.5 Å². The summed E-state index contributed by atoms with van der Waals surface area (Å²) in [5.74, 6) is -0.0332. The summed E-state index contributed by atoms with van der Waals surface area (Å²) in [6, 6.07) is -0.544. The molecule has 0 saturated heterocycles. The van der Waals surface area contributed by atoms with Crippen molar-refractivity contribution in [3.8, 4) is 0 Å². The van der Waals surface area contributed by atoms with Gasteiger partial charge in [-0.3, -0.25) is 9.59 Å². The molecule has 2 atom stereocenters. The first-order valence-corrected chi connectivity index (χ1v) is 27.9. The first-order valence-electron chi connectivity index (χ1n) is 27.9. The van der Waals surface area contributed by atoms with E-state index < -0.39 is 12.1 Å². The van der Waals surface area contributed by atoms with Gasteiger partial charge in [-0.2, -0.15) is 0 Å². The minimum absolute atomic E-state index is 0.0112. The lowest BCUT2D eigenvalue weighted by Gasteiger charge is -2.22. The van der Waals surface area contributed by atoms with E-state index in [9.17, 15) is 19.8 Å². The van der Waals surface area contributed by atoms with Crippen molar-refractivity contribution in [1.29, 1.82) is 0 Å². The molecule has 0 radical (unpaired) electrons. The number of hydrogen-bond donors (Lipinski definition) is 3. The van der Waals surface area contributed by atoms with E-state index in [-0.39, 0.29) is 18.5 Å². The topological polar surface area (TPSA) is 95.9 Å². The lowest BCUT2D eigenvalue weighted by Crippen LogP contribution is -2.45. The van der Waals surface area contributed by atoms with Crippen LogP contribution in [0.3, 0.4) is 0 Å². The Balaban J connectivity index is 3.38. The number of ether oxygens (including phenoxy) is 1. The number of aliphatic hydroxyl groups excluding tert-OH is 2. The quantitative estimate of drug-likeness (QED) is 0.0321. The number of hydrogen-bond acceptors (Lipinski definition) is 5. The molecule has 6 heteroatoms. The second-order valence-corrected chi connectivity index (χ2v) is 19.3. The van der Waals surface area contributed by atoms with Crippen LogP contribution in [0.15, 0.2) is 12.2 Å². The van der Waals surface area contributed by atoms with Crippen LogP contribution in [0, 0.1) is 0 Å². The Bertz CT molecular complexity index is 924. The largest absolute Gasteiger partial charge is 0.466 e. The van der Waals surface area contributed by atoms with Crippen molar-refractivity contribution in [3.05, 3.63) is 12.2 Å². The van der Waals surface area contributed by atoms with Gasteiger partial charge in [0.05, 0.1) is 25.4 Å². The molecule has 2 unspecified atom stereocenters. The van der Waals surface area contributed by atoms with Gasteiger partial charge in [-0.05, 0) is 51.4 Å². The molecule has 0 rings (SSSR count). The van der Waals surface area contributed by atoms with E-state index in [1.807, 2.05) is 0 Å². The molecule has 0 aromatic rings. The molecule has 0 heterocycles. The Kier molecular flexibility index (Phi) is 51.0. The SMILES string of the molecule is CCCCCCCCCCCCCCCCCC(=O)OCCCCCCCCCCCC/C=C\CCCCCCCCCC(=O)NC(CO)C(O)CCCCCCCCCCC. The molecule has 3 N–H and O–H groups in total. The molecular weight excluding hydrogens is 767 g/mol. The highest BCUT2D eigenvalue weighted by Gasteiger charge is 2.20.